The van der Waals surface area contributed by atoms with Crippen LogP contribution < -0.4 is 0 Å². The minimum absolute atomic E-state index is 0.0553. The van der Waals surface area contributed by atoms with E-state index < -0.39 is 5.97 Å². The lowest BCUT2D eigenvalue weighted by atomic mass is 10.1. The summed E-state index contributed by atoms with van der Waals surface area (Å²) < 4.78 is 1.93. The van der Waals surface area contributed by atoms with Crippen LogP contribution in [-0.2, 0) is 0 Å². The van der Waals surface area contributed by atoms with Crippen molar-refractivity contribution in [2.45, 2.75) is 0 Å². The molecule has 0 aliphatic carbocycles. The zero-order chi connectivity index (χ0) is 22.9. The zero-order valence-corrected chi connectivity index (χ0v) is 18.2. The number of nitrogens with zero attached hydrogens (tertiary/aromatic N) is 5. The van der Waals surface area contributed by atoms with Gasteiger partial charge in [-0.05, 0) is 31.3 Å². The highest BCUT2D eigenvalue weighted by atomic mass is 16.4. The first-order chi connectivity index (χ1) is 16.0. The summed E-state index contributed by atoms with van der Waals surface area (Å²) in [5.41, 5.74) is 4.95. The number of hydrogen-bond donors (Lipinski definition) is 1. The Morgan fingerprint density at radius 2 is 1.45 bits per heavy atom. The monoisotopic (exact) mass is 441 g/mol. The first-order valence-corrected chi connectivity index (χ1v) is 10.7. The highest BCUT2D eigenvalue weighted by Crippen LogP contribution is 2.24. The van der Waals surface area contributed by atoms with Crippen LogP contribution in [0.5, 0.6) is 0 Å². The van der Waals surface area contributed by atoms with Crippen molar-refractivity contribution in [2.75, 3.05) is 33.2 Å². The van der Waals surface area contributed by atoms with Gasteiger partial charge in [-0.25, -0.2) is 9.78 Å². The topological polar surface area (TPSA) is 91.0 Å². The van der Waals surface area contributed by atoms with Crippen molar-refractivity contribution < 1.29 is 14.7 Å². The molecule has 1 aliphatic rings. The number of likely N-dealkylation sites (N-methyl/N-ethyl adjacent to an activating group) is 1. The molecule has 0 unspecified atom stereocenters. The Morgan fingerprint density at radius 1 is 0.818 bits per heavy atom. The standard InChI is InChI=1S/C25H23N5O3/c1-28-10-12-29(13-11-28)24(31)19-6-2-17(3-7-19)21-16-30-22(14-27-23(30)15-26-21)18-4-8-20(9-5-18)25(32)33/h2-9,14-16H,10-13H2,1H3,(H,32,33). The van der Waals surface area contributed by atoms with E-state index in [1.165, 1.54) is 0 Å². The zero-order valence-electron chi connectivity index (χ0n) is 18.2. The lowest BCUT2D eigenvalue weighted by Gasteiger charge is -2.32. The fraction of sp³-hybridized carbons (Fsp3) is 0.200. The van der Waals surface area contributed by atoms with Crippen molar-refractivity contribution in [3.63, 3.8) is 0 Å². The van der Waals surface area contributed by atoms with Crippen LogP contribution in [0.4, 0.5) is 0 Å². The summed E-state index contributed by atoms with van der Waals surface area (Å²) in [6.07, 6.45) is 5.35. The summed E-state index contributed by atoms with van der Waals surface area (Å²) in [4.78, 5) is 37.0. The van der Waals surface area contributed by atoms with E-state index in [1.54, 1.807) is 36.7 Å². The Morgan fingerprint density at radius 3 is 2.12 bits per heavy atom. The van der Waals surface area contributed by atoms with Crippen LogP contribution in [-0.4, -0.2) is 74.4 Å². The SMILES string of the molecule is CN1CCN(C(=O)c2ccc(-c3cn4c(-c5ccc(C(=O)O)cc5)cnc4cn3)cc2)CC1. The van der Waals surface area contributed by atoms with Crippen molar-refractivity contribution >= 4 is 17.5 Å². The largest absolute Gasteiger partial charge is 0.478 e. The van der Waals surface area contributed by atoms with Crippen LogP contribution in [0.2, 0.25) is 0 Å². The van der Waals surface area contributed by atoms with E-state index in [0.717, 1.165) is 48.7 Å². The van der Waals surface area contributed by atoms with Gasteiger partial charge >= 0.3 is 5.97 Å². The second-order valence-electron chi connectivity index (χ2n) is 8.20. The normalized spacial score (nSPS) is 14.5. The number of carboxylic acids is 1. The molecule has 0 bridgehead atoms. The van der Waals surface area contributed by atoms with Gasteiger partial charge in [0.2, 0.25) is 0 Å². The third kappa shape index (κ3) is 4.08. The summed E-state index contributed by atoms with van der Waals surface area (Å²) in [7, 11) is 2.07. The van der Waals surface area contributed by atoms with E-state index in [-0.39, 0.29) is 11.5 Å². The Hall–Kier alpha value is -4.04. The number of hydrogen-bond acceptors (Lipinski definition) is 5. The number of carbonyl (C=O) groups is 2. The number of rotatable bonds is 4. The van der Waals surface area contributed by atoms with Gasteiger partial charge in [-0.3, -0.25) is 14.2 Å². The summed E-state index contributed by atoms with van der Waals surface area (Å²) >= 11 is 0. The molecule has 1 aliphatic heterocycles. The van der Waals surface area contributed by atoms with Gasteiger partial charge in [-0.2, -0.15) is 0 Å². The van der Waals surface area contributed by atoms with Crippen molar-refractivity contribution in [3.8, 4) is 22.5 Å². The first kappa shape index (κ1) is 20.8. The van der Waals surface area contributed by atoms with E-state index in [9.17, 15) is 9.59 Å². The summed E-state index contributed by atoms with van der Waals surface area (Å²) in [6, 6.07) is 14.2. The second kappa shape index (κ2) is 8.48. The van der Waals surface area contributed by atoms with Crippen molar-refractivity contribution in [2.24, 2.45) is 0 Å². The van der Waals surface area contributed by atoms with Gasteiger partial charge in [0.25, 0.3) is 5.91 Å². The third-order valence-electron chi connectivity index (χ3n) is 6.04. The fourth-order valence-electron chi connectivity index (χ4n) is 4.01. The van der Waals surface area contributed by atoms with Crippen LogP contribution >= 0.6 is 0 Å². The number of aromatic nitrogens is 3. The van der Waals surface area contributed by atoms with Crippen molar-refractivity contribution in [1.82, 2.24) is 24.2 Å². The van der Waals surface area contributed by atoms with Gasteiger partial charge in [0.1, 0.15) is 0 Å². The molecule has 1 saturated heterocycles. The van der Waals surface area contributed by atoms with Crippen molar-refractivity contribution in [1.29, 1.82) is 0 Å². The minimum Gasteiger partial charge on any atom is -0.478 e. The van der Waals surface area contributed by atoms with E-state index in [1.807, 2.05) is 39.8 Å². The molecule has 0 atom stereocenters. The molecule has 4 aromatic rings. The Balaban J connectivity index is 1.41. The Bertz CT molecular complexity index is 1320. The number of amides is 1. The third-order valence-corrected chi connectivity index (χ3v) is 6.04. The average Bonchev–Trinajstić information content (AvgIpc) is 3.27. The first-order valence-electron chi connectivity index (χ1n) is 10.7. The van der Waals surface area contributed by atoms with Crippen LogP contribution in [0.25, 0.3) is 28.2 Å². The molecule has 8 nitrogen and oxygen atoms in total. The molecule has 2 aromatic carbocycles. The average molecular weight is 441 g/mol. The molecule has 33 heavy (non-hydrogen) atoms. The van der Waals surface area contributed by atoms with Crippen LogP contribution in [0.3, 0.4) is 0 Å². The Labute approximate surface area is 190 Å². The maximum absolute atomic E-state index is 12.8. The number of benzene rings is 2. The van der Waals surface area contributed by atoms with Gasteiger partial charge in [-0.1, -0.05) is 24.3 Å². The molecule has 1 amide bonds. The van der Waals surface area contributed by atoms with E-state index in [2.05, 4.69) is 21.9 Å². The lowest BCUT2D eigenvalue weighted by molar-refractivity contribution is 0.0662. The molecule has 166 valence electrons. The summed E-state index contributed by atoms with van der Waals surface area (Å²) in [6.45, 7) is 3.26. The minimum atomic E-state index is -0.958. The van der Waals surface area contributed by atoms with E-state index in [0.29, 0.717) is 11.2 Å². The molecule has 8 heteroatoms. The van der Waals surface area contributed by atoms with E-state index >= 15 is 0 Å². The van der Waals surface area contributed by atoms with Crippen LogP contribution in [0.1, 0.15) is 20.7 Å². The van der Waals surface area contributed by atoms with Crippen LogP contribution in [0.15, 0.2) is 67.1 Å². The maximum Gasteiger partial charge on any atom is 0.335 e. The molecular formula is C25H23N5O3. The van der Waals surface area contributed by atoms with Crippen molar-refractivity contribution in [3.05, 3.63) is 78.2 Å². The number of imidazole rings is 1. The summed E-state index contributed by atoms with van der Waals surface area (Å²) in [5, 5.41) is 9.13. The smallest absolute Gasteiger partial charge is 0.335 e. The van der Waals surface area contributed by atoms with Gasteiger partial charge < -0.3 is 14.9 Å². The molecule has 1 fully saturated rings. The lowest BCUT2D eigenvalue weighted by Crippen LogP contribution is -2.47. The molecule has 0 radical (unpaired) electrons. The molecule has 1 N–H and O–H groups in total. The predicted octanol–water partition coefficient (Wildman–Crippen LogP) is 3.15. The van der Waals surface area contributed by atoms with Crippen LogP contribution in [0, 0.1) is 0 Å². The van der Waals surface area contributed by atoms with Gasteiger partial charge in [0, 0.05) is 49.1 Å². The number of carboxylic acid groups (broad SMARTS) is 1. The van der Waals surface area contributed by atoms with Gasteiger partial charge in [-0.15, -0.1) is 0 Å². The molecular weight excluding hydrogens is 418 g/mol. The molecule has 0 saturated carbocycles. The molecule has 0 spiro atoms. The maximum atomic E-state index is 12.8. The highest BCUT2D eigenvalue weighted by molar-refractivity contribution is 5.94. The number of aromatic carboxylic acids is 1. The number of fused-ring (bicyclic) bond motifs is 1. The quantitative estimate of drug-likeness (QED) is 0.523. The molecule has 5 rings (SSSR count). The highest BCUT2D eigenvalue weighted by Gasteiger charge is 2.20. The number of carbonyl (C=O) groups excluding carboxylic acids is 1. The van der Waals surface area contributed by atoms with Gasteiger partial charge in [0.15, 0.2) is 5.65 Å². The Kier molecular flexibility index (Phi) is 5.35. The van der Waals surface area contributed by atoms with Gasteiger partial charge in [0.05, 0.1) is 29.3 Å². The summed E-state index contributed by atoms with van der Waals surface area (Å²) in [5.74, 6) is -0.902. The fourth-order valence-corrected chi connectivity index (χ4v) is 4.01. The predicted molar refractivity (Wildman–Crippen MR) is 124 cm³/mol. The number of piperazine rings is 1. The van der Waals surface area contributed by atoms with E-state index in [4.69, 9.17) is 5.11 Å². The molecule has 2 aromatic heterocycles. The molecule has 3 heterocycles. The second-order valence-corrected chi connectivity index (χ2v) is 8.20.